The number of carbonyl (C=O) groups is 4. The monoisotopic (exact) mass is 701 g/mol. The number of halogens is 1. The number of alkyl halides is 1. The Morgan fingerprint density at radius 2 is 1.80 bits per heavy atom. The molecule has 4 rings (SSSR count). The van der Waals surface area contributed by atoms with Crippen molar-refractivity contribution in [1.82, 2.24) is 0 Å². The van der Waals surface area contributed by atoms with E-state index in [9.17, 15) is 54.7 Å². The molecule has 2 unspecified atom stereocenters. The number of aliphatic hydroxyl groups is 3. The van der Waals surface area contributed by atoms with Gasteiger partial charge in [0.15, 0.2) is 23.7 Å². The Kier molecular flexibility index (Phi) is 10.8. The summed E-state index contributed by atoms with van der Waals surface area (Å²) < 4.78 is 27.1. The quantitative estimate of drug-likeness (QED) is 0.0993. The van der Waals surface area contributed by atoms with Crippen molar-refractivity contribution >= 4 is 23.5 Å². The molecule has 0 aromatic heterocycles. The number of allylic oxidation sites excluding steroid dienone is 4. The van der Waals surface area contributed by atoms with E-state index >= 15 is 4.39 Å². The maximum Gasteiger partial charge on any atom is 0.326 e. The van der Waals surface area contributed by atoms with Crippen LogP contribution >= 0.6 is 0 Å². The molecule has 0 heterocycles. The van der Waals surface area contributed by atoms with E-state index in [1.54, 1.807) is 6.92 Å². The molecule has 5 N–H and O–H groups in total. The number of ether oxygens (including phenoxy) is 2. The van der Waals surface area contributed by atoms with E-state index in [0.717, 1.165) is 0 Å². The summed E-state index contributed by atoms with van der Waals surface area (Å²) in [5.74, 6) is -5.13. The number of nitrogens with two attached hydrogens (primary N) is 1. The van der Waals surface area contributed by atoms with Gasteiger partial charge in [0.2, 0.25) is 5.78 Å². The highest BCUT2D eigenvalue weighted by molar-refractivity contribution is 6.01. The average molecular weight is 702 g/mol. The molecule has 0 radical (unpaired) electrons. The minimum Gasteiger partial charge on any atom is -0.463 e. The Morgan fingerprint density at radius 1 is 1.10 bits per heavy atom. The minimum absolute atomic E-state index is 0.0696. The van der Waals surface area contributed by atoms with Crippen LogP contribution in [0, 0.1) is 42.9 Å². The Labute approximate surface area is 278 Å². The predicted molar refractivity (Wildman–Crippen MR) is 158 cm³/mol. The summed E-state index contributed by atoms with van der Waals surface area (Å²) in [4.78, 5) is 79.2. The third-order valence-corrected chi connectivity index (χ3v) is 10.9. The lowest BCUT2D eigenvalue weighted by Gasteiger charge is -2.62. The van der Waals surface area contributed by atoms with Crippen molar-refractivity contribution in [3.05, 3.63) is 44.0 Å². The second kappa shape index (κ2) is 14.0. The van der Waals surface area contributed by atoms with Crippen LogP contribution in [0.15, 0.2) is 23.8 Å². The van der Waals surface area contributed by atoms with Gasteiger partial charge in [-0.25, -0.2) is 4.39 Å². The molecule has 4 aliphatic rings. The van der Waals surface area contributed by atoms with E-state index in [2.05, 4.69) is 9.68 Å². The maximum absolute atomic E-state index is 17.2. The van der Waals surface area contributed by atoms with Gasteiger partial charge in [-0.05, 0) is 63.5 Å². The topological polar surface area (TPSA) is 278 Å². The van der Waals surface area contributed by atoms with E-state index in [4.69, 9.17) is 15.2 Å². The van der Waals surface area contributed by atoms with Gasteiger partial charge >= 0.3 is 11.9 Å². The number of nitrogens with zero attached hydrogens (tertiary/aromatic N) is 2. The Morgan fingerprint density at radius 3 is 2.45 bits per heavy atom. The van der Waals surface area contributed by atoms with Gasteiger partial charge < -0.3 is 40.2 Å². The molecule has 3 saturated carbocycles. The molecule has 0 aliphatic heterocycles. The van der Waals surface area contributed by atoms with Gasteiger partial charge in [0, 0.05) is 23.2 Å². The lowest BCUT2D eigenvalue weighted by molar-refractivity contribution is -0.790. The summed E-state index contributed by atoms with van der Waals surface area (Å²) in [6, 6.07) is -1.58. The van der Waals surface area contributed by atoms with Crippen LogP contribution < -0.4 is 5.73 Å². The lowest BCUT2D eigenvalue weighted by atomic mass is 9.44. The van der Waals surface area contributed by atoms with Crippen molar-refractivity contribution in [2.24, 2.45) is 28.4 Å². The summed E-state index contributed by atoms with van der Waals surface area (Å²) in [6.45, 7) is 0.596. The molecule has 0 aromatic rings. The molecule has 10 atom stereocenters. The summed E-state index contributed by atoms with van der Waals surface area (Å²) >= 11 is 0. The zero-order valence-corrected chi connectivity index (χ0v) is 26.9. The largest absolute Gasteiger partial charge is 0.463 e. The SMILES string of the molecule is C[C@]12C=CC(=O)C=C1CC[C@H]1[C@@H]3C[C@@H](O)[C@](O)(C(=O)COC(=O)C(N)COC(=O)CCCC(CO[N+](=O)[O-])O[N+](=O)[O-])[C@@]3(C)C[C@H](O)[C@@]12F. The van der Waals surface area contributed by atoms with Crippen LogP contribution in [-0.4, -0.2) is 104 Å². The van der Waals surface area contributed by atoms with Gasteiger partial charge in [-0.15, -0.1) is 20.2 Å². The van der Waals surface area contributed by atoms with E-state index in [1.165, 1.54) is 25.2 Å². The second-order valence-corrected chi connectivity index (χ2v) is 13.5. The van der Waals surface area contributed by atoms with E-state index in [1.807, 2.05) is 0 Å². The summed E-state index contributed by atoms with van der Waals surface area (Å²) in [5, 5.41) is 52.8. The zero-order chi connectivity index (χ0) is 36.5. The van der Waals surface area contributed by atoms with Gasteiger partial charge in [-0.3, -0.25) is 19.2 Å². The van der Waals surface area contributed by atoms with Gasteiger partial charge in [0.05, 0.1) is 12.2 Å². The predicted octanol–water partition coefficient (Wildman–Crippen LogP) is -0.00260. The van der Waals surface area contributed by atoms with Crippen LogP contribution in [0.4, 0.5) is 4.39 Å². The lowest BCUT2D eigenvalue weighted by Crippen LogP contribution is -2.69. The third kappa shape index (κ3) is 6.75. The molecule has 0 saturated heterocycles. The van der Waals surface area contributed by atoms with Crippen LogP contribution in [0.1, 0.15) is 58.8 Å². The molecule has 3 fully saturated rings. The van der Waals surface area contributed by atoms with Crippen LogP contribution in [0.5, 0.6) is 0 Å². The van der Waals surface area contributed by atoms with Gasteiger partial charge in [0.1, 0.15) is 25.4 Å². The van der Waals surface area contributed by atoms with Crippen molar-refractivity contribution in [3.8, 4) is 0 Å². The number of rotatable bonds is 15. The zero-order valence-electron chi connectivity index (χ0n) is 26.9. The maximum atomic E-state index is 17.2. The fraction of sp³-hybridized carbons (Fsp3) is 0.733. The number of fused-ring (bicyclic) bond motifs is 5. The molecule has 0 spiro atoms. The Bertz CT molecular complexity index is 1440. The molecule has 0 amide bonds. The molecule has 0 bridgehead atoms. The fourth-order valence-corrected chi connectivity index (χ4v) is 8.31. The number of esters is 2. The highest BCUT2D eigenvalue weighted by Gasteiger charge is 2.76. The highest BCUT2D eigenvalue weighted by atomic mass is 19.1. The first kappa shape index (κ1) is 37.7. The first-order chi connectivity index (χ1) is 22.8. The van der Waals surface area contributed by atoms with Crippen molar-refractivity contribution < 1.29 is 68.2 Å². The van der Waals surface area contributed by atoms with E-state index < -0.39 is 112 Å². The van der Waals surface area contributed by atoms with Crippen LogP contribution in [0.2, 0.25) is 0 Å². The Hall–Kier alpha value is -4.07. The first-order valence-electron chi connectivity index (χ1n) is 15.7. The molecule has 49 heavy (non-hydrogen) atoms. The van der Waals surface area contributed by atoms with Crippen LogP contribution in [0.3, 0.4) is 0 Å². The second-order valence-electron chi connectivity index (χ2n) is 13.5. The van der Waals surface area contributed by atoms with Crippen molar-refractivity contribution in [2.75, 3.05) is 19.8 Å². The van der Waals surface area contributed by atoms with Crippen molar-refractivity contribution in [3.63, 3.8) is 0 Å². The number of hydrogen-bond acceptors (Lipinski definition) is 16. The number of Topliss-reactive ketones (excluding diaryl/α,β-unsaturated/α-hetero) is 1. The number of carbonyl (C=O) groups excluding carboxylic acids is 4. The smallest absolute Gasteiger partial charge is 0.326 e. The normalized spacial score (nSPS) is 35.8. The number of hydrogen-bond donors (Lipinski definition) is 4. The highest BCUT2D eigenvalue weighted by Crippen LogP contribution is 2.69. The molecule has 19 heteroatoms. The summed E-state index contributed by atoms with van der Waals surface area (Å²) in [7, 11) is 0. The van der Waals surface area contributed by atoms with E-state index in [-0.39, 0.29) is 37.9 Å². The molecular weight excluding hydrogens is 661 g/mol. The van der Waals surface area contributed by atoms with Crippen molar-refractivity contribution in [2.45, 2.75) is 94.4 Å². The van der Waals surface area contributed by atoms with Crippen molar-refractivity contribution in [1.29, 1.82) is 0 Å². The first-order valence-corrected chi connectivity index (χ1v) is 15.7. The number of aliphatic hydroxyl groups excluding tert-OH is 2. The molecule has 18 nitrogen and oxygen atoms in total. The fourth-order valence-electron chi connectivity index (χ4n) is 8.31. The molecule has 272 valence electrons. The van der Waals surface area contributed by atoms with Gasteiger partial charge in [-0.1, -0.05) is 18.6 Å². The average Bonchev–Trinajstić information content (AvgIpc) is 3.23. The summed E-state index contributed by atoms with van der Waals surface area (Å²) in [5.41, 5.74) is -1.39. The molecule has 4 aliphatic carbocycles. The van der Waals surface area contributed by atoms with Gasteiger partial charge in [-0.2, -0.15) is 0 Å². The van der Waals surface area contributed by atoms with E-state index in [0.29, 0.717) is 12.0 Å². The number of ketones is 2. The minimum atomic E-state index is -2.53. The Balaban J connectivity index is 1.32. The molecule has 0 aromatic carbocycles. The van der Waals surface area contributed by atoms with Crippen LogP contribution in [0.25, 0.3) is 0 Å². The summed E-state index contributed by atoms with van der Waals surface area (Å²) in [6.07, 6.45) is -1.29. The molecular formula is C30H40FN3O15. The standard InChI is InChI=1S/C30H40FN3O15/c1-27-9-8-17(35)10-16(27)6-7-19-20-11-22(36)30(41,28(20,2)12-23(37)29(19,27)31)24(38)15-47-26(40)21(32)14-46-25(39)5-3-4-18(49-34(44)45)13-48-33(42)43/h8-10,18-23,36-37,41H,3-7,11-15,32H2,1-2H3/t18?,19-,20-,21?,22+,23-,27-,28-,29-,30-/m0/s1. The third-order valence-electron chi connectivity index (χ3n) is 10.9. The van der Waals surface area contributed by atoms with Gasteiger partial charge in [0.25, 0.3) is 10.2 Å². The van der Waals surface area contributed by atoms with Crippen LogP contribution in [-0.2, 0) is 38.3 Å².